The Hall–Kier alpha value is -0.910. The van der Waals surface area contributed by atoms with Crippen LogP contribution in [-0.4, -0.2) is 54.1 Å². The number of aromatic nitrogens is 2. The van der Waals surface area contributed by atoms with Crippen molar-refractivity contribution in [2.45, 2.75) is 12.1 Å². The molecule has 2 atom stereocenters. The summed E-state index contributed by atoms with van der Waals surface area (Å²) in [5.74, 6) is 0. The van der Waals surface area contributed by atoms with Gasteiger partial charge in [-0.2, -0.15) is 5.10 Å². The Balaban J connectivity index is 2.04. The fourth-order valence-electron chi connectivity index (χ4n) is 2.16. The van der Waals surface area contributed by atoms with Crippen molar-refractivity contribution in [3.8, 4) is 0 Å². The van der Waals surface area contributed by atoms with Crippen molar-refractivity contribution < 1.29 is 4.74 Å². The molecule has 2 heterocycles. The van der Waals surface area contributed by atoms with Gasteiger partial charge in [-0.3, -0.25) is 9.58 Å². The predicted molar refractivity (Wildman–Crippen MR) is 57.6 cm³/mol. The lowest BCUT2D eigenvalue weighted by Crippen LogP contribution is -2.28. The number of rotatable bonds is 4. The van der Waals surface area contributed by atoms with E-state index in [-0.39, 0.29) is 6.10 Å². The minimum Gasteiger partial charge on any atom is -0.378 e. The second-order valence-electron chi connectivity index (χ2n) is 3.88. The molecule has 0 spiro atoms. The van der Waals surface area contributed by atoms with Gasteiger partial charge in [-0.25, -0.2) is 0 Å². The largest absolute Gasteiger partial charge is 0.378 e. The monoisotopic (exact) mass is 210 g/mol. The molecule has 84 valence electrons. The smallest absolute Gasteiger partial charge is 0.0934 e. The van der Waals surface area contributed by atoms with Crippen LogP contribution in [0.3, 0.4) is 0 Å². The van der Waals surface area contributed by atoms with Gasteiger partial charge in [0.05, 0.1) is 12.1 Å². The summed E-state index contributed by atoms with van der Waals surface area (Å²) < 4.78 is 7.46. The van der Waals surface area contributed by atoms with Gasteiger partial charge >= 0.3 is 0 Å². The maximum absolute atomic E-state index is 5.55. The van der Waals surface area contributed by atoms with Crippen molar-refractivity contribution in [2.24, 2.45) is 5.73 Å². The molecule has 0 amide bonds. The first kappa shape index (κ1) is 10.6. The second-order valence-corrected chi connectivity index (χ2v) is 3.88. The van der Waals surface area contributed by atoms with Gasteiger partial charge in [-0.15, -0.1) is 0 Å². The van der Waals surface area contributed by atoms with Crippen LogP contribution < -0.4 is 5.73 Å². The molecule has 0 aromatic carbocycles. The van der Waals surface area contributed by atoms with Crippen LogP contribution in [0.5, 0.6) is 0 Å². The first-order valence-electron chi connectivity index (χ1n) is 5.29. The van der Waals surface area contributed by atoms with Gasteiger partial charge in [-0.05, 0) is 6.07 Å². The van der Waals surface area contributed by atoms with Crippen molar-refractivity contribution >= 4 is 0 Å². The Labute approximate surface area is 89.8 Å². The van der Waals surface area contributed by atoms with Gasteiger partial charge in [-0.1, -0.05) is 0 Å². The molecule has 1 aliphatic heterocycles. The summed E-state index contributed by atoms with van der Waals surface area (Å²) in [6, 6.07) is 2.26. The molecule has 2 unspecified atom stereocenters. The first-order chi connectivity index (χ1) is 7.35. The van der Waals surface area contributed by atoms with E-state index in [9.17, 15) is 0 Å². The first-order valence-corrected chi connectivity index (χ1v) is 5.29. The lowest BCUT2D eigenvalue weighted by molar-refractivity contribution is 0.0783. The highest BCUT2D eigenvalue weighted by Gasteiger charge is 2.33. The Kier molecular flexibility index (Phi) is 3.35. The predicted octanol–water partition coefficient (Wildman–Crippen LogP) is -0.286. The number of hydrogen-bond acceptors (Lipinski definition) is 4. The van der Waals surface area contributed by atoms with Gasteiger partial charge in [0.15, 0.2) is 0 Å². The molecule has 5 heteroatoms. The van der Waals surface area contributed by atoms with E-state index in [0.29, 0.717) is 12.6 Å². The van der Waals surface area contributed by atoms with Gasteiger partial charge < -0.3 is 10.5 Å². The van der Waals surface area contributed by atoms with Gasteiger partial charge in [0.2, 0.25) is 0 Å². The SMILES string of the molecule is COC1CN(CCN)CC1n1cccn1. The summed E-state index contributed by atoms with van der Waals surface area (Å²) >= 11 is 0. The van der Waals surface area contributed by atoms with Crippen molar-refractivity contribution in [2.75, 3.05) is 33.3 Å². The van der Waals surface area contributed by atoms with E-state index in [1.165, 1.54) is 0 Å². The van der Waals surface area contributed by atoms with Gasteiger partial charge in [0.1, 0.15) is 0 Å². The van der Waals surface area contributed by atoms with Crippen LogP contribution >= 0.6 is 0 Å². The van der Waals surface area contributed by atoms with E-state index in [1.54, 1.807) is 13.3 Å². The summed E-state index contributed by atoms with van der Waals surface area (Å²) in [5.41, 5.74) is 5.55. The van der Waals surface area contributed by atoms with Crippen molar-refractivity contribution in [3.63, 3.8) is 0 Å². The molecule has 5 nitrogen and oxygen atoms in total. The number of methoxy groups -OCH3 is 1. The van der Waals surface area contributed by atoms with Gasteiger partial charge in [0, 0.05) is 45.7 Å². The standard InChI is InChI=1S/C10H18N4O/c1-15-10-8-13(6-3-11)7-9(10)14-5-2-4-12-14/h2,4-5,9-10H,3,6-8,11H2,1H3. The summed E-state index contributed by atoms with van der Waals surface area (Å²) in [4.78, 5) is 2.32. The van der Waals surface area contributed by atoms with Crippen LogP contribution in [0, 0.1) is 0 Å². The Morgan fingerprint density at radius 3 is 3.00 bits per heavy atom. The molecule has 1 aromatic heterocycles. The minimum absolute atomic E-state index is 0.219. The minimum atomic E-state index is 0.219. The van der Waals surface area contributed by atoms with E-state index in [4.69, 9.17) is 10.5 Å². The second kappa shape index (κ2) is 4.74. The Morgan fingerprint density at radius 1 is 1.53 bits per heavy atom. The zero-order valence-electron chi connectivity index (χ0n) is 9.04. The maximum atomic E-state index is 5.55. The van der Waals surface area contributed by atoms with Crippen LogP contribution in [0.2, 0.25) is 0 Å². The van der Waals surface area contributed by atoms with Crippen molar-refractivity contribution in [1.82, 2.24) is 14.7 Å². The van der Waals surface area contributed by atoms with E-state index in [1.807, 2.05) is 16.9 Å². The Morgan fingerprint density at radius 2 is 2.40 bits per heavy atom. The fourth-order valence-corrected chi connectivity index (χ4v) is 2.16. The van der Waals surface area contributed by atoms with Gasteiger partial charge in [0.25, 0.3) is 0 Å². The highest BCUT2D eigenvalue weighted by molar-refractivity contribution is 4.92. The molecule has 2 N–H and O–H groups in total. The Bertz CT molecular complexity index is 288. The fraction of sp³-hybridized carbons (Fsp3) is 0.700. The topological polar surface area (TPSA) is 56.3 Å². The van der Waals surface area contributed by atoms with E-state index >= 15 is 0 Å². The summed E-state index contributed by atoms with van der Waals surface area (Å²) in [6.45, 7) is 3.54. The third kappa shape index (κ3) is 2.19. The molecule has 0 aliphatic carbocycles. The maximum Gasteiger partial charge on any atom is 0.0934 e. The number of ether oxygens (including phenoxy) is 1. The third-order valence-corrected chi connectivity index (χ3v) is 2.93. The highest BCUT2D eigenvalue weighted by Crippen LogP contribution is 2.22. The lowest BCUT2D eigenvalue weighted by Gasteiger charge is -2.16. The zero-order chi connectivity index (χ0) is 10.7. The average molecular weight is 210 g/mol. The van der Waals surface area contributed by atoms with Crippen LogP contribution in [0.1, 0.15) is 6.04 Å². The molecule has 0 radical (unpaired) electrons. The normalized spacial score (nSPS) is 27.3. The molecule has 0 saturated carbocycles. The highest BCUT2D eigenvalue weighted by atomic mass is 16.5. The van der Waals surface area contributed by atoms with E-state index in [2.05, 4.69) is 10.00 Å². The van der Waals surface area contributed by atoms with Crippen molar-refractivity contribution in [1.29, 1.82) is 0 Å². The van der Waals surface area contributed by atoms with Crippen LogP contribution in [0.15, 0.2) is 18.5 Å². The summed E-state index contributed by atoms with van der Waals surface area (Å²) in [6.07, 6.45) is 4.01. The summed E-state index contributed by atoms with van der Waals surface area (Å²) in [7, 11) is 1.76. The molecule has 1 aliphatic rings. The van der Waals surface area contributed by atoms with E-state index in [0.717, 1.165) is 19.6 Å². The van der Waals surface area contributed by atoms with Crippen LogP contribution in [0.4, 0.5) is 0 Å². The third-order valence-electron chi connectivity index (χ3n) is 2.93. The molecule has 1 aromatic rings. The van der Waals surface area contributed by atoms with E-state index < -0.39 is 0 Å². The molecular formula is C10H18N4O. The molecule has 2 rings (SSSR count). The zero-order valence-corrected chi connectivity index (χ0v) is 9.04. The quantitative estimate of drug-likeness (QED) is 0.742. The molecule has 0 bridgehead atoms. The summed E-state index contributed by atoms with van der Waals surface area (Å²) in [5, 5.41) is 4.27. The average Bonchev–Trinajstić information content (AvgIpc) is 2.84. The number of nitrogens with two attached hydrogens (primary N) is 1. The molecule has 1 fully saturated rings. The molecule has 1 saturated heterocycles. The molecular weight excluding hydrogens is 192 g/mol. The number of nitrogens with zero attached hydrogens (tertiary/aromatic N) is 3. The number of likely N-dealkylation sites (tertiary alicyclic amines) is 1. The van der Waals surface area contributed by atoms with Crippen LogP contribution in [0.25, 0.3) is 0 Å². The number of hydrogen-bond donors (Lipinski definition) is 1. The lowest BCUT2D eigenvalue weighted by atomic mass is 10.2. The van der Waals surface area contributed by atoms with Crippen LogP contribution in [-0.2, 0) is 4.74 Å². The van der Waals surface area contributed by atoms with Crippen molar-refractivity contribution in [3.05, 3.63) is 18.5 Å². The molecule has 15 heavy (non-hydrogen) atoms.